The second-order valence-corrected chi connectivity index (χ2v) is 7.18. The van der Waals surface area contributed by atoms with E-state index < -0.39 is 10.8 Å². The molecule has 0 aliphatic carbocycles. The molecule has 8 heteroatoms. The summed E-state index contributed by atoms with van der Waals surface area (Å²) < 4.78 is 0. The summed E-state index contributed by atoms with van der Waals surface area (Å²) in [5.74, 6) is -0.456. The molecular weight excluding hydrogens is 376 g/mol. The quantitative estimate of drug-likeness (QED) is 0.458. The summed E-state index contributed by atoms with van der Waals surface area (Å²) in [7, 11) is 0. The molecule has 3 rings (SSSR count). The monoisotopic (exact) mass is 398 g/mol. The molecule has 1 heterocycles. The number of hydrogen-bond acceptors (Lipinski definition) is 5. The molecule has 0 atom stereocenters. The molecule has 2 aromatic carbocycles. The molecule has 1 aliphatic heterocycles. The third kappa shape index (κ3) is 5.58. The van der Waals surface area contributed by atoms with Crippen molar-refractivity contribution in [2.24, 2.45) is 0 Å². The minimum atomic E-state index is -0.531. The van der Waals surface area contributed by atoms with Crippen molar-refractivity contribution in [3.05, 3.63) is 75.8 Å². The van der Waals surface area contributed by atoms with E-state index in [0.29, 0.717) is 0 Å². The Morgan fingerprint density at radius 1 is 1.14 bits per heavy atom. The van der Waals surface area contributed by atoms with Gasteiger partial charge in [-0.25, -0.2) is 0 Å². The Labute approximate surface area is 168 Å². The second kappa shape index (κ2) is 9.38. The molecule has 0 unspecified atom stereocenters. The van der Waals surface area contributed by atoms with E-state index in [9.17, 15) is 14.9 Å². The fourth-order valence-corrected chi connectivity index (χ4v) is 3.49. The van der Waals surface area contributed by atoms with E-state index in [-0.39, 0.29) is 22.4 Å². The predicted octanol–water partition coefficient (Wildman–Crippen LogP) is 2.86. The van der Waals surface area contributed by atoms with E-state index in [4.69, 9.17) is 12.2 Å². The van der Waals surface area contributed by atoms with Crippen LogP contribution >= 0.6 is 12.2 Å². The summed E-state index contributed by atoms with van der Waals surface area (Å²) in [5.41, 5.74) is 1.38. The Morgan fingerprint density at radius 3 is 2.54 bits per heavy atom. The summed E-state index contributed by atoms with van der Waals surface area (Å²) in [6, 6.07) is 16.1. The van der Waals surface area contributed by atoms with Gasteiger partial charge in [0.05, 0.1) is 4.92 Å². The van der Waals surface area contributed by atoms with Crippen LogP contribution in [0, 0.1) is 10.1 Å². The van der Waals surface area contributed by atoms with Crippen LogP contribution in [0.25, 0.3) is 0 Å². The van der Waals surface area contributed by atoms with Crippen molar-refractivity contribution in [1.29, 1.82) is 0 Å². The number of carbonyl (C=O) groups is 1. The summed E-state index contributed by atoms with van der Waals surface area (Å²) in [6.07, 6.45) is 1.86. The van der Waals surface area contributed by atoms with Crippen molar-refractivity contribution in [1.82, 2.24) is 15.5 Å². The lowest BCUT2D eigenvalue weighted by atomic mass is 10.0. The minimum Gasteiger partial charge on any atom is -0.360 e. The SMILES string of the molecule is O=C(NC(=S)NC1CCN(Cc2ccccc2)CC1)c1cccc([N+](=O)[O-])c1. The van der Waals surface area contributed by atoms with Gasteiger partial charge in [0.15, 0.2) is 5.11 Å². The Balaban J connectivity index is 1.45. The third-order valence-electron chi connectivity index (χ3n) is 4.72. The third-order valence-corrected chi connectivity index (χ3v) is 4.94. The van der Waals surface area contributed by atoms with Crippen molar-refractivity contribution in [3.63, 3.8) is 0 Å². The van der Waals surface area contributed by atoms with Crippen LogP contribution in [-0.4, -0.2) is 40.0 Å². The molecule has 0 aromatic heterocycles. The molecule has 146 valence electrons. The molecular formula is C20H22N4O3S. The number of benzene rings is 2. The average molecular weight is 398 g/mol. The Morgan fingerprint density at radius 2 is 1.86 bits per heavy atom. The zero-order valence-corrected chi connectivity index (χ0v) is 16.2. The van der Waals surface area contributed by atoms with Crippen LogP contribution < -0.4 is 10.6 Å². The number of rotatable bonds is 5. The van der Waals surface area contributed by atoms with Crippen LogP contribution in [-0.2, 0) is 6.54 Å². The van der Waals surface area contributed by atoms with Gasteiger partial charge in [-0.2, -0.15) is 0 Å². The molecule has 1 fully saturated rings. The van der Waals surface area contributed by atoms with Crippen LogP contribution in [0.5, 0.6) is 0 Å². The maximum Gasteiger partial charge on any atom is 0.270 e. The van der Waals surface area contributed by atoms with Gasteiger partial charge in [0, 0.05) is 43.4 Å². The van der Waals surface area contributed by atoms with Crippen molar-refractivity contribution in [2.45, 2.75) is 25.4 Å². The van der Waals surface area contributed by atoms with Crippen LogP contribution in [0.4, 0.5) is 5.69 Å². The minimum absolute atomic E-state index is 0.127. The maximum absolute atomic E-state index is 12.3. The summed E-state index contributed by atoms with van der Waals surface area (Å²) in [4.78, 5) is 25.0. The molecule has 2 aromatic rings. The zero-order valence-electron chi connectivity index (χ0n) is 15.3. The first kappa shape index (κ1) is 19.9. The number of likely N-dealkylation sites (tertiary alicyclic amines) is 1. The number of nitro benzene ring substituents is 1. The molecule has 2 N–H and O–H groups in total. The highest BCUT2D eigenvalue weighted by molar-refractivity contribution is 7.80. The van der Waals surface area contributed by atoms with Crippen LogP contribution in [0.1, 0.15) is 28.8 Å². The molecule has 1 amide bonds. The van der Waals surface area contributed by atoms with E-state index in [1.165, 1.54) is 29.8 Å². The first-order valence-corrected chi connectivity index (χ1v) is 9.54. The van der Waals surface area contributed by atoms with Gasteiger partial charge in [0.1, 0.15) is 0 Å². The lowest BCUT2D eigenvalue weighted by Gasteiger charge is -2.32. The highest BCUT2D eigenvalue weighted by atomic mass is 32.1. The van der Waals surface area contributed by atoms with Crippen molar-refractivity contribution in [3.8, 4) is 0 Å². The summed E-state index contributed by atoms with van der Waals surface area (Å²) in [5, 5.41) is 16.9. The summed E-state index contributed by atoms with van der Waals surface area (Å²) >= 11 is 5.24. The lowest BCUT2D eigenvalue weighted by Crippen LogP contribution is -2.48. The fourth-order valence-electron chi connectivity index (χ4n) is 3.23. The predicted molar refractivity (Wildman–Crippen MR) is 111 cm³/mol. The standard InChI is InChI=1S/C20H22N4O3S/c25-19(16-7-4-8-18(13-16)24(26)27)22-20(28)21-17-9-11-23(12-10-17)14-15-5-2-1-3-6-15/h1-8,13,17H,9-12,14H2,(H2,21,22,25,28). The first-order chi connectivity index (χ1) is 13.5. The number of piperidine rings is 1. The van der Waals surface area contributed by atoms with Crippen LogP contribution in [0.2, 0.25) is 0 Å². The number of nitrogens with zero attached hydrogens (tertiary/aromatic N) is 2. The van der Waals surface area contributed by atoms with Gasteiger partial charge in [-0.15, -0.1) is 0 Å². The van der Waals surface area contributed by atoms with Crippen molar-refractivity contribution >= 4 is 28.9 Å². The number of thiocarbonyl (C=S) groups is 1. The number of nitrogens with one attached hydrogen (secondary N) is 2. The number of hydrogen-bond donors (Lipinski definition) is 2. The van der Waals surface area contributed by atoms with Crippen LogP contribution in [0.3, 0.4) is 0 Å². The molecule has 7 nitrogen and oxygen atoms in total. The van der Waals surface area contributed by atoms with Gasteiger partial charge in [-0.05, 0) is 36.7 Å². The van der Waals surface area contributed by atoms with E-state index in [1.807, 2.05) is 18.2 Å². The van der Waals surface area contributed by atoms with Gasteiger partial charge in [0.25, 0.3) is 11.6 Å². The molecule has 1 saturated heterocycles. The van der Waals surface area contributed by atoms with Gasteiger partial charge in [-0.1, -0.05) is 36.4 Å². The van der Waals surface area contributed by atoms with Crippen molar-refractivity contribution in [2.75, 3.05) is 13.1 Å². The Kier molecular flexibility index (Phi) is 6.67. The normalized spacial score (nSPS) is 15.0. The fraction of sp³-hybridized carbons (Fsp3) is 0.300. The van der Waals surface area contributed by atoms with E-state index >= 15 is 0 Å². The number of amides is 1. The van der Waals surface area contributed by atoms with Gasteiger partial charge >= 0.3 is 0 Å². The Bertz CT molecular complexity index is 852. The van der Waals surface area contributed by atoms with Gasteiger partial charge in [-0.3, -0.25) is 25.1 Å². The van der Waals surface area contributed by atoms with E-state index in [0.717, 1.165) is 32.5 Å². The van der Waals surface area contributed by atoms with E-state index in [2.05, 4.69) is 27.7 Å². The van der Waals surface area contributed by atoms with E-state index in [1.54, 1.807) is 0 Å². The number of carbonyl (C=O) groups excluding carboxylic acids is 1. The maximum atomic E-state index is 12.3. The number of nitro groups is 1. The highest BCUT2D eigenvalue weighted by Crippen LogP contribution is 2.15. The molecule has 0 spiro atoms. The van der Waals surface area contributed by atoms with Crippen molar-refractivity contribution < 1.29 is 9.72 Å². The second-order valence-electron chi connectivity index (χ2n) is 6.77. The topological polar surface area (TPSA) is 87.5 Å². The van der Waals surface area contributed by atoms with Crippen LogP contribution in [0.15, 0.2) is 54.6 Å². The highest BCUT2D eigenvalue weighted by Gasteiger charge is 2.20. The molecule has 28 heavy (non-hydrogen) atoms. The molecule has 0 radical (unpaired) electrons. The molecule has 1 aliphatic rings. The lowest BCUT2D eigenvalue weighted by molar-refractivity contribution is -0.384. The average Bonchev–Trinajstić information content (AvgIpc) is 2.70. The molecule has 0 bridgehead atoms. The van der Waals surface area contributed by atoms with Gasteiger partial charge in [0.2, 0.25) is 0 Å². The number of non-ortho nitro benzene ring substituents is 1. The smallest absolute Gasteiger partial charge is 0.270 e. The Hall–Kier alpha value is -2.84. The summed E-state index contributed by atoms with van der Waals surface area (Å²) in [6.45, 7) is 2.84. The first-order valence-electron chi connectivity index (χ1n) is 9.14. The largest absolute Gasteiger partial charge is 0.360 e. The van der Waals surface area contributed by atoms with Gasteiger partial charge < -0.3 is 5.32 Å². The zero-order chi connectivity index (χ0) is 19.9. The molecule has 0 saturated carbocycles.